The van der Waals surface area contributed by atoms with E-state index in [-0.39, 0.29) is 11.9 Å². The molecule has 1 aliphatic heterocycles. The number of carbonyl (C=O) groups excluding carboxylic acids is 1. The first-order valence-electron chi connectivity index (χ1n) is 18.3. The van der Waals surface area contributed by atoms with Gasteiger partial charge in [-0.3, -0.25) is 19.1 Å². The summed E-state index contributed by atoms with van der Waals surface area (Å²) in [4.78, 5) is 21.7. The molecule has 54 heavy (non-hydrogen) atoms. The molecule has 2 atom stereocenters. The Morgan fingerprint density at radius 3 is 2.31 bits per heavy atom. The summed E-state index contributed by atoms with van der Waals surface area (Å²) in [5.74, 6) is 2.10. The van der Waals surface area contributed by atoms with Gasteiger partial charge in [0.25, 0.3) is 5.91 Å². The molecule has 0 spiro atoms. The number of para-hydroxylation sites is 1. The number of alkyl halides is 1. The van der Waals surface area contributed by atoms with Crippen molar-refractivity contribution in [3.63, 3.8) is 0 Å². The van der Waals surface area contributed by atoms with E-state index in [1.165, 1.54) is 0 Å². The van der Waals surface area contributed by atoms with Crippen molar-refractivity contribution in [1.29, 1.82) is 0 Å². The van der Waals surface area contributed by atoms with Gasteiger partial charge in [-0.05, 0) is 101 Å². The van der Waals surface area contributed by atoms with Gasteiger partial charge >= 0.3 is 0 Å². The molecule has 1 amide bonds. The first-order valence-corrected chi connectivity index (χ1v) is 19.1. The summed E-state index contributed by atoms with van der Waals surface area (Å²) < 4.78 is 14.2. The minimum Gasteiger partial charge on any atom is -0.494 e. The Labute approximate surface area is 324 Å². The van der Waals surface area contributed by atoms with E-state index in [9.17, 15) is 0 Å². The molecule has 0 radical (unpaired) electrons. The van der Waals surface area contributed by atoms with E-state index < -0.39 is 5.50 Å². The van der Waals surface area contributed by atoms with Gasteiger partial charge in [-0.1, -0.05) is 41.4 Å². The largest absolute Gasteiger partial charge is 0.494 e. The Morgan fingerprint density at radius 1 is 0.907 bits per heavy atom. The van der Waals surface area contributed by atoms with Crippen molar-refractivity contribution in [2.45, 2.75) is 65.9 Å². The van der Waals surface area contributed by atoms with E-state index in [0.29, 0.717) is 31.0 Å². The number of aromatic nitrogens is 7. The van der Waals surface area contributed by atoms with Crippen molar-refractivity contribution < 1.29 is 9.53 Å². The van der Waals surface area contributed by atoms with Gasteiger partial charge in [0.05, 0.1) is 29.5 Å². The minimum absolute atomic E-state index is 0.139. The summed E-state index contributed by atoms with van der Waals surface area (Å²) in [5.41, 5.74) is 10.6. The summed E-state index contributed by atoms with van der Waals surface area (Å²) in [5, 5.41) is 12.1. The second kappa shape index (κ2) is 13.4. The molecular formula is C42H44Cl2N8O2. The zero-order chi connectivity index (χ0) is 38.3. The highest BCUT2D eigenvalue weighted by atomic mass is 35.5. The smallest absolute Gasteiger partial charge is 0.276 e. The molecule has 5 heterocycles. The third kappa shape index (κ3) is 5.61. The molecule has 0 saturated heterocycles. The second-order valence-electron chi connectivity index (χ2n) is 14.6. The Balaban J connectivity index is 1.27. The fourth-order valence-corrected chi connectivity index (χ4v) is 8.63. The van der Waals surface area contributed by atoms with Crippen LogP contribution in [0.4, 0.5) is 5.69 Å². The zero-order valence-electron chi connectivity index (χ0n) is 32.1. The SMILES string of the molecule is Cc1cc(OCCCc2c3n(c4c(-c5c(C)nn(C)c5C)cccc24)C(C)[C@@H](Cl)N(c2cn(C)c4ccc(-c5nc(C)n(C)n5)cc24)C3=O)cc(C)c1Cl. The fourth-order valence-electron chi connectivity index (χ4n) is 8.21. The third-order valence-electron chi connectivity index (χ3n) is 11.1. The first-order chi connectivity index (χ1) is 25.8. The quantitative estimate of drug-likeness (QED) is 0.0875. The maximum atomic E-state index is 15.3. The fraction of sp³-hybridized carbons (Fsp3) is 0.333. The highest BCUT2D eigenvalue weighted by molar-refractivity contribution is 6.32. The maximum absolute atomic E-state index is 15.3. The van der Waals surface area contributed by atoms with Gasteiger partial charge in [-0.2, -0.15) is 10.2 Å². The third-order valence-corrected chi connectivity index (χ3v) is 12.3. The number of anilines is 1. The number of halogens is 2. The first kappa shape index (κ1) is 35.9. The van der Waals surface area contributed by atoms with Gasteiger partial charge in [-0.25, -0.2) is 4.98 Å². The molecule has 1 aliphatic rings. The monoisotopic (exact) mass is 762 g/mol. The summed E-state index contributed by atoms with van der Waals surface area (Å²) >= 11 is 13.9. The van der Waals surface area contributed by atoms with Crippen LogP contribution in [0.15, 0.2) is 54.7 Å². The molecule has 0 fully saturated rings. The molecular weight excluding hydrogens is 719 g/mol. The van der Waals surface area contributed by atoms with E-state index in [1.807, 2.05) is 82.5 Å². The lowest BCUT2D eigenvalue weighted by Gasteiger charge is -2.38. The lowest BCUT2D eigenvalue weighted by molar-refractivity contribution is 0.0951. The lowest BCUT2D eigenvalue weighted by atomic mass is 9.98. The number of nitrogens with zero attached hydrogens (tertiary/aromatic N) is 8. The molecule has 7 aromatic rings. The van der Waals surface area contributed by atoms with Crippen molar-refractivity contribution in [1.82, 2.24) is 33.7 Å². The summed E-state index contributed by atoms with van der Waals surface area (Å²) in [7, 11) is 5.84. The van der Waals surface area contributed by atoms with Crippen molar-refractivity contribution >= 4 is 56.6 Å². The van der Waals surface area contributed by atoms with E-state index in [2.05, 4.69) is 58.8 Å². The van der Waals surface area contributed by atoms with Crippen LogP contribution in [0, 0.1) is 34.6 Å². The van der Waals surface area contributed by atoms with E-state index in [0.717, 1.165) is 88.9 Å². The number of amides is 1. The maximum Gasteiger partial charge on any atom is 0.276 e. The Morgan fingerprint density at radius 2 is 1.65 bits per heavy atom. The van der Waals surface area contributed by atoms with Crippen LogP contribution >= 0.6 is 23.2 Å². The molecule has 1 unspecified atom stereocenters. The topological polar surface area (TPSA) is 87.9 Å². The predicted molar refractivity (Wildman–Crippen MR) is 217 cm³/mol. The van der Waals surface area contributed by atoms with Crippen molar-refractivity contribution in [2.24, 2.45) is 21.1 Å². The minimum atomic E-state index is -0.679. The van der Waals surface area contributed by atoms with Crippen LogP contribution in [0.25, 0.3) is 44.3 Å². The number of ether oxygens (including phenoxy) is 1. The molecule has 0 bridgehead atoms. The molecule has 0 N–H and O–H groups in total. The highest BCUT2D eigenvalue weighted by Gasteiger charge is 2.42. The van der Waals surface area contributed by atoms with Gasteiger partial charge in [0, 0.05) is 71.0 Å². The summed E-state index contributed by atoms with van der Waals surface area (Å²) in [6, 6.07) is 16.2. The normalized spacial score (nSPS) is 15.9. The molecule has 3 aromatic carbocycles. The van der Waals surface area contributed by atoms with Crippen LogP contribution in [0.1, 0.15) is 63.8 Å². The molecule has 278 valence electrons. The van der Waals surface area contributed by atoms with Crippen molar-refractivity contribution in [3.8, 4) is 28.3 Å². The van der Waals surface area contributed by atoms with Gasteiger partial charge in [0.15, 0.2) is 5.82 Å². The summed E-state index contributed by atoms with van der Waals surface area (Å²) in [6.07, 6.45) is 3.33. The van der Waals surface area contributed by atoms with Crippen molar-refractivity contribution in [2.75, 3.05) is 11.5 Å². The van der Waals surface area contributed by atoms with Crippen molar-refractivity contribution in [3.05, 3.63) is 99.3 Å². The van der Waals surface area contributed by atoms with Crippen LogP contribution in [0.2, 0.25) is 5.02 Å². The van der Waals surface area contributed by atoms with E-state index >= 15 is 4.79 Å². The molecule has 0 saturated carbocycles. The number of hydrogen-bond acceptors (Lipinski definition) is 5. The summed E-state index contributed by atoms with van der Waals surface area (Å²) in [6.45, 7) is 12.6. The number of benzene rings is 3. The number of rotatable bonds is 8. The van der Waals surface area contributed by atoms with Crippen LogP contribution in [0.3, 0.4) is 0 Å². The molecule has 8 rings (SSSR count). The van der Waals surface area contributed by atoms with Crippen LogP contribution < -0.4 is 9.64 Å². The van der Waals surface area contributed by atoms with Gasteiger partial charge in [-0.15, -0.1) is 0 Å². The Kier molecular flexibility index (Phi) is 8.89. The van der Waals surface area contributed by atoms with Gasteiger partial charge < -0.3 is 13.9 Å². The standard InChI is InChI=1S/C42H44Cl2N8O2/c1-22-18-29(19-23(2)37(22)43)54-17-11-14-31-30-12-10-13-32(36-24(3)46-49(8)25(36)4)38(30)51-26(5)40(44)52(42(53)39(31)51)35-21-48(7)34-16-15-28(20-33(34)35)41-45-27(6)50(9)47-41/h10,12-13,15-16,18-21,26,40H,11,14,17H2,1-9H3/t26?,40-/m0/s1. The Hall–Kier alpha value is -5.06. The predicted octanol–water partition coefficient (Wildman–Crippen LogP) is 9.32. The number of hydrogen-bond donors (Lipinski definition) is 0. The van der Waals surface area contributed by atoms with Gasteiger partial charge in [0.2, 0.25) is 0 Å². The number of fused-ring (bicyclic) bond motifs is 4. The zero-order valence-corrected chi connectivity index (χ0v) is 33.6. The molecule has 0 aliphatic carbocycles. The molecule has 10 nitrogen and oxygen atoms in total. The average molecular weight is 764 g/mol. The van der Waals surface area contributed by atoms with E-state index in [1.54, 1.807) is 9.58 Å². The van der Waals surface area contributed by atoms with Gasteiger partial charge in [0.1, 0.15) is 22.8 Å². The van der Waals surface area contributed by atoms with Crippen LogP contribution in [-0.2, 0) is 27.6 Å². The second-order valence-corrected chi connectivity index (χ2v) is 15.5. The average Bonchev–Trinajstić information content (AvgIpc) is 3.84. The van der Waals surface area contributed by atoms with E-state index in [4.69, 9.17) is 33.0 Å². The number of carbonyl (C=O) groups is 1. The highest BCUT2D eigenvalue weighted by Crippen LogP contribution is 2.46. The van der Waals surface area contributed by atoms with Crippen LogP contribution in [0.5, 0.6) is 5.75 Å². The number of aryl methyl sites for hydroxylation is 8. The molecule has 4 aromatic heterocycles. The molecule has 12 heteroatoms. The lowest BCUT2D eigenvalue weighted by Crippen LogP contribution is -2.47. The van der Waals surface area contributed by atoms with Crippen LogP contribution in [-0.4, -0.2) is 51.7 Å². The Bertz CT molecular complexity index is 2600.